The first kappa shape index (κ1) is 37.3. The maximum Gasteiger partial charge on any atom is 0.411 e. The van der Waals surface area contributed by atoms with Gasteiger partial charge in [0.05, 0.1) is 0 Å². The van der Waals surface area contributed by atoms with Crippen LogP contribution in [0.3, 0.4) is 0 Å². The number of hydrogen-bond donors (Lipinski definition) is 4. The maximum atomic E-state index is 14.4. The summed E-state index contributed by atoms with van der Waals surface area (Å²) < 4.78 is 103. The Bertz CT molecular complexity index is 1980. The Morgan fingerprint density at radius 1 is 0.385 bits per heavy atom. The van der Waals surface area contributed by atoms with Gasteiger partial charge in [0.15, 0.2) is 0 Å². The summed E-state index contributed by atoms with van der Waals surface area (Å²) in [6, 6.07) is 34.4. The van der Waals surface area contributed by atoms with Crippen molar-refractivity contribution in [1.82, 2.24) is 0 Å². The minimum Gasteiger partial charge on any atom is -0.457 e. The van der Waals surface area contributed by atoms with Crippen LogP contribution in [0.2, 0.25) is 0 Å². The average molecular weight is 736 g/mol. The number of halogens is 6. The van der Waals surface area contributed by atoms with Gasteiger partial charge in [-0.1, -0.05) is 42.5 Å². The van der Waals surface area contributed by atoms with Crippen LogP contribution < -0.4 is 31.4 Å². The van der Waals surface area contributed by atoms with E-state index in [1.165, 1.54) is 12.1 Å². The molecular weight excluding hydrogens is 705 g/mol. The summed E-state index contributed by atoms with van der Waals surface area (Å²) in [5.41, 5.74) is 12.1. The van der Waals surface area contributed by atoms with E-state index in [2.05, 4.69) is 12.6 Å². The summed E-state index contributed by atoms with van der Waals surface area (Å²) in [7, 11) is 0. The van der Waals surface area contributed by atoms with Crippen molar-refractivity contribution >= 4 is 29.7 Å². The van der Waals surface area contributed by atoms with E-state index in [9.17, 15) is 26.3 Å². The number of thiol groups is 1. The molecule has 0 aliphatic carbocycles. The highest BCUT2D eigenvalue weighted by atomic mass is 32.1. The van der Waals surface area contributed by atoms with Crippen molar-refractivity contribution in [2.75, 3.05) is 17.2 Å². The molecular formula is C39H31F6N3O3S. The predicted molar refractivity (Wildman–Crippen MR) is 192 cm³/mol. The quantitative estimate of drug-likeness (QED) is 0.0705. The van der Waals surface area contributed by atoms with Gasteiger partial charge < -0.3 is 31.4 Å². The molecule has 0 aliphatic heterocycles. The second kappa shape index (κ2) is 15.5. The predicted octanol–water partition coefficient (Wildman–Crippen LogP) is 11.2. The molecule has 6 N–H and O–H groups in total. The Labute approximate surface area is 300 Å². The lowest BCUT2D eigenvalue weighted by Gasteiger charge is -2.38. The minimum atomic E-state index is -5.72. The van der Waals surface area contributed by atoms with E-state index in [1.54, 1.807) is 42.5 Å². The maximum absolute atomic E-state index is 14.4. The molecule has 52 heavy (non-hydrogen) atoms. The zero-order valence-electron chi connectivity index (χ0n) is 27.0. The highest BCUT2D eigenvalue weighted by molar-refractivity contribution is 7.80. The van der Waals surface area contributed by atoms with E-state index in [-0.39, 0.29) is 23.0 Å². The zero-order valence-corrected chi connectivity index (χ0v) is 27.9. The molecule has 0 bridgehead atoms. The van der Waals surface area contributed by atoms with Crippen LogP contribution in [0.25, 0.3) is 0 Å². The van der Waals surface area contributed by atoms with E-state index in [0.29, 0.717) is 17.1 Å². The molecule has 6 aromatic carbocycles. The summed E-state index contributed by atoms with van der Waals surface area (Å²) in [5.74, 6) is 2.15. The molecule has 13 heteroatoms. The Balaban J connectivity index is 0.000000289. The smallest absolute Gasteiger partial charge is 0.411 e. The molecule has 0 aliphatic rings. The van der Waals surface area contributed by atoms with Crippen molar-refractivity contribution in [1.29, 1.82) is 0 Å². The van der Waals surface area contributed by atoms with Crippen molar-refractivity contribution < 1.29 is 40.6 Å². The fraction of sp³-hybridized carbons (Fsp3) is 0.0769. The van der Waals surface area contributed by atoms with E-state index in [4.69, 9.17) is 31.4 Å². The van der Waals surface area contributed by atoms with Gasteiger partial charge in [-0.05, 0) is 96.1 Å². The number of rotatable bonds is 8. The van der Waals surface area contributed by atoms with Gasteiger partial charge in [-0.3, -0.25) is 0 Å². The topological polar surface area (TPSA) is 106 Å². The van der Waals surface area contributed by atoms with E-state index >= 15 is 0 Å². The molecule has 6 rings (SSSR count). The van der Waals surface area contributed by atoms with Crippen LogP contribution in [0.1, 0.15) is 11.1 Å². The summed E-state index contributed by atoms with van der Waals surface area (Å²) in [6.45, 7) is 0. The second-order valence-corrected chi connectivity index (χ2v) is 11.8. The SMILES string of the molecule is Nc1cccc(Oc2ccc(C(c3ccc(Oc4cccc(N)c4)cc3)(C(F)(F)F)C(F)(F)F)cc2)c1.Nc1cccc(Oc2ccc(S)cc2)c1. The van der Waals surface area contributed by atoms with Crippen LogP contribution >= 0.6 is 12.6 Å². The van der Waals surface area contributed by atoms with E-state index in [0.717, 1.165) is 64.9 Å². The first-order valence-electron chi connectivity index (χ1n) is 15.4. The number of benzene rings is 6. The van der Waals surface area contributed by atoms with Crippen molar-refractivity contribution in [2.45, 2.75) is 22.7 Å². The Morgan fingerprint density at radius 2 is 0.673 bits per heavy atom. The number of nitrogens with two attached hydrogens (primary N) is 3. The third-order valence-electron chi connectivity index (χ3n) is 7.54. The van der Waals surface area contributed by atoms with Crippen LogP contribution in [0, 0.1) is 0 Å². The van der Waals surface area contributed by atoms with Gasteiger partial charge in [-0.15, -0.1) is 12.6 Å². The normalized spacial score (nSPS) is 11.6. The van der Waals surface area contributed by atoms with Gasteiger partial charge in [0, 0.05) is 40.2 Å². The first-order valence-corrected chi connectivity index (χ1v) is 15.8. The third kappa shape index (κ3) is 8.85. The standard InChI is InChI=1S/C27H20F6N2O2.C12H11NOS/c28-26(29,30)25(27(31,32)33,17-7-11-21(12-8-17)36-23-5-1-3-19(34)15-23)18-9-13-22(14-10-18)37-24-6-2-4-20(35)16-24;13-9-2-1-3-11(8-9)14-10-4-6-12(15)7-5-10/h1-16H,34-35H2;1-8,15H,13H2. The minimum absolute atomic E-state index is 0.0403. The summed E-state index contributed by atoms with van der Waals surface area (Å²) in [4.78, 5) is 0.912. The lowest BCUT2D eigenvalue weighted by molar-refractivity contribution is -0.288. The van der Waals surface area contributed by atoms with Crippen LogP contribution in [-0.4, -0.2) is 12.4 Å². The Morgan fingerprint density at radius 3 is 0.942 bits per heavy atom. The van der Waals surface area contributed by atoms with Gasteiger partial charge >= 0.3 is 12.4 Å². The molecule has 0 heterocycles. The van der Waals surface area contributed by atoms with Gasteiger partial charge in [0.2, 0.25) is 5.41 Å². The molecule has 268 valence electrons. The fourth-order valence-electron chi connectivity index (χ4n) is 5.18. The highest BCUT2D eigenvalue weighted by Gasteiger charge is 2.72. The van der Waals surface area contributed by atoms with Crippen LogP contribution in [0.4, 0.5) is 43.4 Å². The van der Waals surface area contributed by atoms with Crippen LogP contribution in [-0.2, 0) is 5.41 Å². The van der Waals surface area contributed by atoms with Crippen LogP contribution in [0.5, 0.6) is 34.5 Å². The molecule has 0 fully saturated rings. The molecule has 6 nitrogen and oxygen atoms in total. The van der Waals surface area contributed by atoms with Gasteiger partial charge in [-0.2, -0.15) is 26.3 Å². The number of hydrogen-bond acceptors (Lipinski definition) is 7. The van der Waals surface area contributed by atoms with Gasteiger partial charge in [-0.25, -0.2) is 0 Å². The fourth-order valence-corrected chi connectivity index (χ4v) is 5.33. The largest absolute Gasteiger partial charge is 0.457 e. The molecule has 0 aromatic heterocycles. The number of alkyl halides is 6. The molecule has 0 atom stereocenters. The summed E-state index contributed by atoms with van der Waals surface area (Å²) >= 11 is 4.20. The summed E-state index contributed by atoms with van der Waals surface area (Å²) in [5, 5.41) is 0. The number of nitrogen functional groups attached to an aromatic ring is 3. The zero-order chi connectivity index (χ0) is 37.5. The summed E-state index contributed by atoms with van der Waals surface area (Å²) in [6.07, 6.45) is -11.4. The Hall–Kier alpha value is -5.95. The van der Waals surface area contributed by atoms with Crippen molar-refractivity contribution in [2.24, 2.45) is 0 Å². The number of ether oxygens (including phenoxy) is 3. The highest BCUT2D eigenvalue weighted by Crippen LogP contribution is 2.56. The van der Waals surface area contributed by atoms with Gasteiger partial charge in [0.1, 0.15) is 34.5 Å². The van der Waals surface area contributed by atoms with E-state index < -0.39 is 28.9 Å². The average Bonchev–Trinajstić information content (AvgIpc) is 3.07. The lowest BCUT2D eigenvalue weighted by atomic mass is 9.73. The number of anilines is 3. The second-order valence-electron chi connectivity index (χ2n) is 11.3. The van der Waals surface area contributed by atoms with Crippen molar-refractivity contribution in [3.8, 4) is 34.5 Å². The molecule has 0 radical (unpaired) electrons. The lowest BCUT2D eigenvalue weighted by Crippen LogP contribution is -2.54. The molecule has 0 amide bonds. The molecule has 0 saturated carbocycles. The molecule has 0 unspecified atom stereocenters. The van der Waals surface area contributed by atoms with Gasteiger partial charge in [0.25, 0.3) is 0 Å². The van der Waals surface area contributed by atoms with E-state index in [1.807, 2.05) is 42.5 Å². The molecule has 6 aromatic rings. The first-order chi connectivity index (χ1) is 24.6. The van der Waals surface area contributed by atoms with Crippen LogP contribution in [0.15, 0.2) is 150 Å². The van der Waals surface area contributed by atoms with Crippen molar-refractivity contribution in [3.63, 3.8) is 0 Å². The monoisotopic (exact) mass is 735 g/mol. The Kier molecular flexibility index (Phi) is 11.1. The molecule has 0 saturated heterocycles. The third-order valence-corrected chi connectivity index (χ3v) is 7.84. The van der Waals surface area contributed by atoms with Crippen molar-refractivity contribution in [3.05, 3.63) is 157 Å². The molecule has 0 spiro atoms.